The molecule has 3 aromatic rings. The van der Waals surface area contributed by atoms with Gasteiger partial charge in [-0.25, -0.2) is 9.97 Å². The Balaban J connectivity index is 1.91. The molecule has 3 heterocycles. The van der Waals surface area contributed by atoms with Gasteiger partial charge in [-0.3, -0.25) is 4.98 Å². The molecule has 5 nitrogen and oxygen atoms in total. The minimum absolute atomic E-state index is 0.353. The third-order valence-electron chi connectivity index (χ3n) is 5.80. The second-order valence-corrected chi connectivity index (χ2v) is 9.61. The van der Waals surface area contributed by atoms with Gasteiger partial charge in [0.15, 0.2) is 0 Å². The fourth-order valence-corrected chi connectivity index (χ4v) is 4.65. The number of imidazole rings is 1. The molecule has 7 heteroatoms. The van der Waals surface area contributed by atoms with Crippen LogP contribution in [-0.2, 0) is 12.1 Å². The number of aromatic nitrogens is 4. The first-order valence-corrected chi connectivity index (χ1v) is 10.9. The van der Waals surface area contributed by atoms with E-state index in [0.29, 0.717) is 27.6 Å². The van der Waals surface area contributed by atoms with Gasteiger partial charge in [-0.05, 0) is 44.6 Å². The Bertz CT molecular complexity index is 1030. The maximum atomic E-state index is 10.8. The first-order valence-electron chi connectivity index (χ1n) is 10.1. The highest BCUT2D eigenvalue weighted by Gasteiger charge is 2.29. The Morgan fingerprint density at radius 3 is 2.48 bits per heavy atom. The molecule has 4 rings (SSSR count). The molecule has 0 aromatic carbocycles. The summed E-state index contributed by atoms with van der Waals surface area (Å²) in [5.74, 6) is 1.96. The fourth-order valence-electron chi connectivity index (χ4n) is 4.28. The third-order valence-corrected chi connectivity index (χ3v) is 6.20. The number of nitrogens with zero attached hydrogens (tertiary/aromatic N) is 4. The van der Waals surface area contributed by atoms with Crippen molar-refractivity contribution in [1.82, 2.24) is 19.5 Å². The summed E-state index contributed by atoms with van der Waals surface area (Å²) in [4.78, 5) is 13.6. The van der Waals surface area contributed by atoms with Crippen molar-refractivity contribution in [2.45, 2.75) is 58.6 Å². The van der Waals surface area contributed by atoms with Gasteiger partial charge >= 0.3 is 0 Å². The lowest BCUT2D eigenvalue weighted by Crippen LogP contribution is -2.25. The Labute approximate surface area is 181 Å². The van der Waals surface area contributed by atoms with Crippen LogP contribution >= 0.6 is 23.2 Å². The monoisotopic (exact) mass is 432 g/mol. The molecule has 3 aromatic heterocycles. The van der Waals surface area contributed by atoms with E-state index in [1.807, 2.05) is 6.07 Å². The van der Waals surface area contributed by atoms with Crippen molar-refractivity contribution in [2.75, 3.05) is 0 Å². The molecule has 1 saturated carbocycles. The van der Waals surface area contributed by atoms with E-state index in [2.05, 4.69) is 21.5 Å². The first-order chi connectivity index (χ1) is 13.7. The van der Waals surface area contributed by atoms with Gasteiger partial charge in [-0.2, -0.15) is 0 Å². The molecular formula is C22H26Cl2N4O. The third kappa shape index (κ3) is 4.27. The van der Waals surface area contributed by atoms with Crippen molar-refractivity contribution in [3.05, 3.63) is 40.5 Å². The van der Waals surface area contributed by atoms with Crippen LogP contribution in [0.3, 0.4) is 0 Å². The van der Waals surface area contributed by atoms with Gasteiger partial charge in [0.2, 0.25) is 0 Å². The molecule has 0 amide bonds. The Morgan fingerprint density at radius 2 is 1.83 bits per heavy atom. The van der Waals surface area contributed by atoms with Crippen molar-refractivity contribution in [3.63, 3.8) is 0 Å². The average Bonchev–Trinajstić information content (AvgIpc) is 3.01. The average molecular weight is 433 g/mol. The van der Waals surface area contributed by atoms with Gasteiger partial charge in [-0.1, -0.05) is 43.0 Å². The van der Waals surface area contributed by atoms with Crippen LogP contribution in [0.1, 0.15) is 52.3 Å². The summed E-state index contributed by atoms with van der Waals surface area (Å²) >= 11 is 12.5. The van der Waals surface area contributed by atoms with E-state index in [4.69, 9.17) is 28.2 Å². The van der Waals surface area contributed by atoms with Crippen LogP contribution in [0, 0.1) is 11.8 Å². The number of aliphatic hydroxyl groups is 1. The van der Waals surface area contributed by atoms with E-state index in [-0.39, 0.29) is 0 Å². The smallest absolute Gasteiger partial charge is 0.141 e. The zero-order valence-corrected chi connectivity index (χ0v) is 18.5. The van der Waals surface area contributed by atoms with Crippen LogP contribution in [0.4, 0.5) is 0 Å². The summed E-state index contributed by atoms with van der Waals surface area (Å²) in [6.45, 7) is 6.65. The second-order valence-electron chi connectivity index (χ2n) is 8.78. The molecule has 1 aliphatic rings. The quantitative estimate of drug-likeness (QED) is 0.524. The molecule has 0 aliphatic heterocycles. The van der Waals surface area contributed by atoms with E-state index >= 15 is 0 Å². The van der Waals surface area contributed by atoms with Crippen molar-refractivity contribution in [3.8, 4) is 11.3 Å². The molecule has 1 fully saturated rings. The predicted molar refractivity (Wildman–Crippen MR) is 117 cm³/mol. The van der Waals surface area contributed by atoms with E-state index in [0.717, 1.165) is 29.1 Å². The lowest BCUT2D eigenvalue weighted by molar-refractivity contribution is 0.0637. The molecule has 0 atom stereocenters. The fraction of sp³-hybridized carbons (Fsp3) is 0.500. The lowest BCUT2D eigenvalue weighted by atomic mass is 9.83. The topological polar surface area (TPSA) is 63.8 Å². The molecule has 0 radical (unpaired) electrons. The Morgan fingerprint density at radius 1 is 1.10 bits per heavy atom. The normalized spacial score (nSPS) is 20.3. The minimum Gasteiger partial charge on any atom is -0.383 e. The standard InChI is InChI=1S/C22H26Cl2N4O/c1-13-4-6-14(7-5-13)12-28-20-17(26-21(28)22(2,3)29)9-18(24)27-19(20)15-8-16(23)11-25-10-15/h8-11,13-14,29H,4-7,12H2,1-3H3. The molecule has 1 N–H and O–H groups in total. The number of hydrogen-bond acceptors (Lipinski definition) is 4. The SMILES string of the molecule is CC1CCC(Cn2c(C(C)(C)O)nc3cc(Cl)nc(-c4cncc(Cl)c4)c32)CC1. The summed E-state index contributed by atoms with van der Waals surface area (Å²) in [6, 6.07) is 3.59. The van der Waals surface area contributed by atoms with Crippen LogP contribution < -0.4 is 0 Å². The molecule has 29 heavy (non-hydrogen) atoms. The second kappa shape index (κ2) is 7.86. The summed E-state index contributed by atoms with van der Waals surface area (Å²) in [6.07, 6.45) is 8.17. The van der Waals surface area contributed by atoms with E-state index < -0.39 is 5.60 Å². The van der Waals surface area contributed by atoms with Crippen molar-refractivity contribution < 1.29 is 5.11 Å². The van der Waals surface area contributed by atoms with Gasteiger partial charge in [0.25, 0.3) is 0 Å². The zero-order valence-electron chi connectivity index (χ0n) is 17.0. The number of halogens is 2. The van der Waals surface area contributed by atoms with Crippen LogP contribution in [0.2, 0.25) is 10.2 Å². The molecular weight excluding hydrogens is 407 g/mol. The highest BCUT2D eigenvalue weighted by molar-refractivity contribution is 6.31. The lowest BCUT2D eigenvalue weighted by Gasteiger charge is -2.28. The number of hydrogen-bond donors (Lipinski definition) is 1. The van der Waals surface area contributed by atoms with Gasteiger partial charge in [0.1, 0.15) is 16.6 Å². The summed E-state index contributed by atoms with van der Waals surface area (Å²) < 4.78 is 2.13. The summed E-state index contributed by atoms with van der Waals surface area (Å²) in [5.41, 5.74) is 1.98. The van der Waals surface area contributed by atoms with E-state index in [1.54, 1.807) is 32.3 Å². The molecule has 0 unspecified atom stereocenters. The molecule has 0 saturated heterocycles. The summed E-state index contributed by atoms with van der Waals surface area (Å²) in [5, 5.41) is 11.7. The largest absolute Gasteiger partial charge is 0.383 e. The summed E-state index contributed by atoms with van der Waals surface area (Å²) in [7, 11) is 0. The Hall–Kier alpha value is -1.69. The van der Waals surface area contributed by atoms with Gasteiger partial charge < -0.3 is 9.67 Å². The van der Waals surface area contributed by atoms with Crippen molar-refractivity contribution in [2.24, 2.45) is 11.8 Å². The predicted octanol–water partition coefficient (Wildman–Crippen LogP) is 5.85. The van der Waals surface area contributed by atoms with E-state index in [1.165, 1.54) is 25.7 Å². The van der Waals surface area contributed by atoms with Crippen LogP contribution in [-0.4, -0.2) is 24.6 Å². The first kappa shape index (κ1) is 20.6. The maximum Gasteiger partial charge on any atom is 0.141 e. The molecule has 0 spiro atoms. The van der Waals surface area contributed by atoms with Crippen molar-refractivity contribution >= 4 is 34.2 Å². The van der Waals surface area contributed by atoms with E-state index in [9.17, 15) is 5.11 Å². The van der Waals surface area contributed by atoms with Gasteiger partial charge in [0, 0.05) is 30.6 Å². The number of rotatable bonds is 4. The Kier molecular flexibility index (Phi) is 5.58. The van der Waals surface area contributed by atoms with Gasteiger partial charge in [-0.15, -0.1) is 0 Å². The number of fused-ring (bicyclic) bond motifs is 1. The number of pyridine rings is 2. The van der Waals surface area contributed by atoms with Crippen molar-refractivity contribution in [1.29, 1.82) is 0 Å². The van der Waals surface area contributed by atoms with Gasteiger partial charge in [0.05, 0.1) is 21.7 Å². The highest BCUT2D eigenvalue weighted by atomic mass is 35.5. The maximum absolute atomic E-state index is 10.8. The highest BCUT2D eigenvalue weighted by Crippen LogP contribution is 2.36. The van der Waals surface area contributed by atoms with Crippen LogP contribution in [0.15, 0.2) is 24.5 Å². The molecule has 0 bridgehead atoms. The molecule has 154 valence electrons. The van der Waals surface area contributed by atoms with Crippen LogP contribution in [0.5, 0.6) is 0 Å². The molecule has 1 aliphatic carbocycles. The zero-order chi connectivity index (χ0) is 20.8. The van der Waals surface area contributed by atoms with Crippen LogP contribution in [0.25, 0.3) is 22.3 Å². The minimum atomic E-state index is -1.09.